The molecule has 3 N–H and O–H groups in total. The zero-order chi connectivity index (χ0) is 15.7. The third-order valence-corrected chi connectivity index (χ3v) is 2.60. The van der Waals surface area contributed by atoms with Gasteiger partial charge < -0.3 is 15.6 Å². The van der Waals surface area contributed by atoms with Crippen molar-refractivity contribution >= 4 is 0 Å². The number of alkyl halides is 6. The molecule has 1 aromatic rings. The van der Waals surface area contributed by atoms with Crippen molar-refractivity contribution in [3.63, 3.8) is 0 Å². The number of aliphatic hydroxyl groups excluding tert-OH is 1. The zero-order valence-corrected chi connectivity index (χ0v) is 10.1. The number of ether oxygens (including phenoxy) is 1. The Morgan fingerprint density at radius 2 is 1.70 bits per heavy atom. The van der Waals surface area contributed by atoms with E-state index in [-0.39, 0.29) is 5.56 Å². The molecule has 0 fully saturated rings. The highest BCUT2D eigenvalue weighted by molar-refractivity contribution is 5.41. The van der Waals surface area contributed by atoms with E-state index in [1.807, 2.05) is 0 Å². The summed E-state index contributed by atoms with van der Waals surface area (Å²) < 4.78 is 79.0. The number of hydrogen-bond acceptors (Lipinski definition) is 3. The van der Waals surface area contributed by atoms with Crippen LogP contribution in [0.3, 0.4) is 0 Å². The van der Waals surface area contributed by atoms with Crippen LogP contribution < -0.4 is 10.5 Å². The molecular formula is C11H11F6NO2. The van der Waals surface area contributed by atoms with Crippen LogP contribution in [0.2, 0.25) is 0 Å². The third-order valence-electron chi connectivity index (χ3n) is 2.60. The molecule has 0 unspecified atom stereocenters. The molecule has 3 nitrogen and oxygen atoms in total. The molecule has 0 saturated carbocycles. The molecule has 1 aromatic carbocycles. The Hall–Kier alpha value is -1.48. The van der Waals surface area contributed by atoms with Crippen molar-refractivity contribution in [2.75, 3.05) is 7.11 Å². The number of nitrogens with two attached hydrogens (primary N) is 1. The maximum atomic E-state index is 12.5. The highest BCUT2D eigenvalue weighted by Crippen LogP contribution is 2.37. The Balaban J connectivity index is 3.20. The van der Waals surface area contributed by atoms with Gasteiger partial charge in [0.25, 0.3) is 0 Å². The summed E-state index contributed by atoms with van der Waals surface area (Å²) in [4.78, 5) is 0. The zero-order valence-electron chi connectivity index (χ0n) is 10.1. The highest BCUT2D eigenvalue weighted by atomic mass is 19.4. The molecule has 0 aliphatic carbocycles. The molecule has 0 heterocycles. The number of aliphatic hydroxyl groups is 1. The summed E-state index contributed by atoms with van der Waals surface area (Å²) in [6.45, 7) is 0. The molecule has 114 valence electrons. The number of hydrogen-bond donors (Lipinski definition) is 2. The lowest BCUT2D eigenvalue weighted by atomic mass is 9.99. The maximum Gasteiger partial charge on any atom is 0.416 e. The monoisotopic (exact) mass is 303 g/mol. The van der Waals surface area contributed by atoms with E-state index in [9.17, 15) is 26.3 Å². The molecule has 0 aromatic heterocycles. The van der Waals surface area contributed by atoms with Crippen LogP contribution >= 0.6 is 0 Å². The molecule has 20 heavy (non-hydrogen) atoms. The SMILES string of the molecule is COc1cc(C(F)(F)F)ccc1[C@H](N)[C@H](O)C(F)(F)F. The summed E-state index contributed by atoms with van der Waals surface area (Å²) in [5, 5.41) is 9.03. The van der Waals surface area contributed by atoms with Gasteiger partial charge in [0.1, 0.15) is 5.75 Å². The molecular weight excluding hydrogens is 292 g/mol. The van der Waals surface area contributed by atoms with Gasteiger partial charge in [0, 0.05) is 5.56 Å². The molecule has 0 spiro atoms. The van der Waals surface area contributed by atoms with Crippen LogP contribution in [0.25, 0.3) is 0 Å². The normalized spacial score (nSPS) is 15.8. The minimum Gasteiger partial charge on any atom is -0.496 e. The molecule has 2 atom stereocenters. The summed E-state index contributed by atoms with van der Waals surface area (Å²) >= 11 is 0. The molecule has 0 aliphatic rings. The first-order chi connectivity index (χ1) is 8.98. The summed E-state index contributed by atoms with van der Waals surface area (Å²) in [6, 6.07) is -0.104. The van der Waals surface area contributed by atoms with Crippen molar-refractivity contribution < 1.29 is 36.2 Å². The smallest absolute Gasteiger partial charge is 0.416 e. The topological polar surface area (TPSA) is 55.5 Å². The van der Waals surface area contributed by atoms with Crippen LogP contribution in [-0.2, 0) is 6.18 Å². The van der Waals surface area contributed by atoms with Crippen LogP contribution in [0.15, 0.2) is 18.2 Å². The maximum absolute atomic E-state index is 12.5. The van der Waals surface area contributed by atoms with Crippen molar-refractivity contribution in [1.82, 2.24) is 0 Å². The number of halogens is 6. The van der Waals surface area contributed by atoms with E-state index in [0.717, 1.165) is 13.2 Å². The Morgan fingerprint density at radius 3 is 2.10 bits per heavy atom. The molecule has 9 heteroatoms. The molecule has 0 bridgehead atoms. The van der Waals surface area contributed by atoms with Crippen LogP contribution in [0.4, 0.5) is 26.3 Å². The van der Waals surface area contributed by atoms with Crippen molar-refractivity contribution in [2.24, 2.45) is 5.73 Å². The van der Waals surface area contributed by atoms with Gasteiger partial charge in [-0.25, -0.2) is 0 Å². The van der Waals surface area contributed by atoms with Gasteiger partial charge in [0.05, 0.1) is 18.7 Å². The Bertz CT molecular complexity index is 471. The summed E-state index contributed by atoms with van der Waals surface area (Å²) in [6.07, 6.45) is -12.6. The van der Waals surface area contributed by atoms with Gasteiger partial charge in [-0.05, 0) is 12.1 Å². The van der Waals surface area contributed by atoms with Crippen molar-refractivity contribution in [3.8, 4) is 5.75 Å². The Labute approximate surface area is 109 Å². The van der Waals surface area contributed by atoms with Crippen molar-refractivity contribution in [3.05, 3.63) is 29.3 Å². The van der Waals surface area contributed by atoms with Crippen molar-refractivity contribution in [2.45, 2.75) is 24.5 Å². The number of rotatable bonds is 3. The van der Waals surface area contributed by atoms with E-state index < -0.39 is 35.8 Å². The molecule has 0 saturated heterocycles. The summed E-state index contributed by atoms with van der Waals surface area (Å²) in [5.41, 5.74) is 3.77. The second-order valence-electron chi connectivity index (χ2n) is 3.97. The van der Waals surface area contributed by atoms with Gasteiger partial charge in [0.2, 0.25) is 0 Å². The second-order valence-corrected chi connectivity index (χ2v) is 3.97. The number of methoxy groups -OCH3 is 1. The van der Waals surface area contributed by atoms with Crippen molar-refractivity contribution in [1.29, 1.82) is 0 Å². The minimum absolute atomic E-state index is 0.370. The molecule has 0 amide bonds. The lowest BCUT2D eigenvalue weighted by Crippen LogP contribution is -2.39. The van der Waals surface area contributed by atoms with Gasteiger partial charge in [-0.2, -0.15) is 26.3 Å². The fraction of sp³-hybridized carbons (Fsp3) is 0.455. The third kappa shape index (κ3) is 3.54. The molecule has 0 aliphatic heterocycles. The van der Waals surface area contributed by atoms with E-state index >= 15 is 0 Å². The van der Waals surface area contributed by atoms with E-state index in [0.29, 0.717) is 12.1 Å². The highest BCUT2D eigenvalue weighted by Gasteiger charge is 2.43. The first-order valence-electron chi connectivity index (χ1n) is 5.24. The fourth-order valence-electron chi connectivity index (χ4n) is 1.54. The molecule has 0 radical (unpaired) electrons. The van der Waals surface area contributed by atoms with Crippen LogP contribution in [-0.4, -0.2) is 24.5 Å². The van der Waals surface area contributed by atoms with E-state index in [1.165, 1.54) is 0 Å². The quantitative estimate of drug-likeness (QED) is 0.844. The standard InChI is InChI=1S/C11H11F6NO2/c1-20-7-4-5(10(12,13)14)2-3-6(7)8(18)9(19)11(15,16)17/h2-4,8-9,19H,18H2,1H3/t8-,9-/m0/s1. The lowest BCUT2D eigenvalue weighted by Gasteiger charge is -2.23. The number of benzene rings is 1. The summed E-state index contributed by atoms with van der Waals surface area (Å²) in [5.74, 6) is -0.476. The average Bonchev–Trinajstić information content (AvgIpc) is 2.34. The van der Waals surface area contributed by atoms with Crippen LogP contribution in [0.1, 0.15) is 17.2 Å². The minimum atomic E-state index is -4.99. The van der Waals surface area contributed by atoms with Gasteiger partial charge >= 0.3 is 12.4 Å². The first-order valence-corrected chi connectivity index (χ1v) is 5.24. The van der Waals surface area contributed by atoms with Gasteiger partial charge in [0.15, 0.2) is 6.10 Å². The fourth-order valence-corrected chi connectivity index (χ4v) is 1.54. The second kappa shape index (κ2) is 5.49. The Kier molecular flexibility index (Phi) is 4.55. The van der Waals surface area contributed by atoms with Gasteiger partial charge in [-0.15, -0.1) is 0 Å². The summed E-state index contributed by atoms with van der Waals surface area (Å²) in [7, 11) is 0.992. The first kappa shape index (κ1) is 16.6. The van der Waals surface area contributed by atoms with E-state index in [4.69, 9.17) is 10.8 Å². The Morgan fingerprint density at radius 1 is 1.15 bits per heavy atom. The van der Waals surface area contributed by atoms with E-state index in [2.05, 4.69) is 4.74 Å². The predicted octanol–water partition coefficient (Wildman–Crippen LogP) is 2.64. The van der Waals surface area contributed by atoms with Crippen LogP contribution in [0.5, 0.6) is 5.75 Å². The predicted molar refractivity (Wildman–Crippen MR) is 57.0 cm³/mol. The molecule has 1 rings (SSSR count). The van der Waals surface area contributed by atoms with Gasteiger partial charge in [-0.3, -0.25) is 0 Å². The lowest BCUT2D eigenvalue weighted by molar-refractivity contribution is -0.210. The van der Waals surface area contributed by atoms with Crippen LogP contribution in [0, 0.1) is 0 Å². The largest absolute Gasteiger partial charge is 0.496 e. The van der Waals surface area contributed by atoms with Gasteiger partial charge in [-0.1, -0.05) is 6.07 Å². The van der Waals surface area contributed by atoms with E-state index in [1.54, 1.807) is 0 Å². The average molecular weight is 303 g/mol.